The third-order valence-electron chi connectivity index (χ3n) is 5.07. The van der Waals surface area contributed by atoms with Gasteiger partial charge in [-0.25, -0.2) is 0 Å². The highest BCUT2D eigenvalue weighted by Gasteiger charge is 2.38. The normalized spacial score (nSPS) is 30.9. The van der Waals surface area contributed by atoms with Crippen molar-refractivity contribution in [1.82, 2.24) is 10.2 Å². The minimum absolute atomic E-state index is 0.0251. The van der Waals surface area contributed by atoms with Gasteiger partial charge in [-0.1, -0.05) is 19.3 Å². The summed E-state index contributed by atoms with van der Waals surface area (Å²) in [6.45, 7) is 2.01. The Morgan fingerprint density at radius 1 is 1.19 bits per heavy atom. The Hall–Kier alpha value is -1.10. The van der Waals surface area contributed by atoms with Gasteiger partial charge in [0, 0.05) is 32.2 Å². The van der Waals surface area contributed by atoms with Crippen molar-refractivity contribution in [3.8, 4) is 0 Å². The molecule has 0 bridgehead atoms. The molecule has 2 heterocycles. The molecule has 2 amide bonds. The van der Waals surface area contributed by atoms with Crippen molar-refractivity contribution in [2.24, 2.45) is 5.92 Å². The Labute approximate surface area is 126 Å². The van der Waals surface area contributed by atoms with Crippen molar-refractivity contribution in [3.63, 3.8) is 0 Å². The van der Waals surface area contributed by atoms with E-state index in [1.54, 1.807) is 0 Å². The summed E-state index contributed by atoms with van der Waals surface area (Å²) in [5, 5.41) is 2.97. The van der Waals surface area contributed by atoms with E-state index >= 15 is 0 Å². The Bertz CT molecular complexity index is 387. The topological polar surface area (TPSA) is 58.6 Å². The number of rotatable bonds is 4. The maximum absolute atomic E-state index is 12.2. The number of likely N-dealkylation sites (tertiary alicyclic amines) is 1. The van der Waals surface area contributed by atoms with Crippen LogP contribution in [0, 0.1) is 5.92 Å². The molecule has 0 radical (unpaired) electrons. The van der Waals surface area contributed by atoms with Crippen molar-refractivity contribution >= 4 is 11.8 Å². The number of hydrogen-bond donors (Lipinski definition) is 1. The number of carbonyl (C=O) groups excluding carboxylic acids is 2. The van der Waals surface area contributed by atoms with Crippen LogP contribution in [0.1, 0.15) is 51.4 Å². The second kappa shape index (κ2) is 6.77. The molecule has 5 heteroatoms. The highest BCUT2D eigenvalue weighted by molar-refractivity contribution is 5.89. The van der Waals surface area contributed by atoms with Crippen LogP contribution in [0.3, 0.4) is 0 Å². The number of nitrogens with one attached hydrogen (secondary N) is 1. The summed E-state index contributed by atoms with van der Waals surface area (Å²) >= 11 is 0. The summed E-state index contributed by atoms with van der Waals surface area (Å²) in [5.74, 6) is 0.0251. The molecule has 2 saturated heterocycles. The van der Waals surface area contributed by atoms with Gasteiger partial charge in [0.25, 0.3) is 0 Å². The lowest BCUT2D eigenvalue weighted by Gasteiger charge is -2.31. The largest absolute Gasteiger partial charge is 0.376 e. The molecule has 0 aromatic carbocycles. The first-order valence-corrected chi connectivity index (χ1v) is 8.43. The fourth-order valence-electron chi connectivity index (χ4n) is 3.82. The Balaban J connectivity index is 1.47. The van der Waals surface area contributed by atoms with Crippen molar-refractivity contribution in [2.45, 2.75) is 63.5 Å². The quantitative estimate of drug-likeness (QED) is 0.854. The second-order valence-corrected chi connectivity index (χ2v) is 6.62. The molecule has 0 spiro atoms. The molecule has 0 unspecified atom stereocenters. The van der Waals surface area contributed by atoms with Crippen LogP contribution in [0.4, 0.5) is 0 Å². The van der Waals surface area contributed by atoms with Gasteiger partial charge < -0.3 is 15.0 Å². The first kappa shape index (κ1) is 14.8. The SMILES string of the molecule is O=C(NC[C@H]1CCCO1)[C@@H]1CC(=O)N(C2CCCCC2)C1. The molecule has 2 atom stereocenters. The van der Waals surface area contributed by atoms with E-state index in [0.29, 0.717) is 25.6 Å². The van der Waals surface area contributed by atoms with E-state index in [-0.39, 0.29) is 23.8 Å². The zero-order chi connectivity index (χ0) is 14.7. The molecule has 118 valence electrons. The van der Waals surface area contributed by atoms with E-state index in [1.807, 2.05) is 4.90 Å². The predicted octanol–water partition coefficient (Wildman–Crippen LogP) is 1.46. The lowest BCUT2D eigenvalue weighted by molar-refractivity contribution is -0.130. The number of hydrogen-bond acceptors (Lipinski definition) is 3. The summed E-state index contributed by atoms with van der Waals surface area (Å²) < 4.78 is 5.51. The minimum atomic E-state index is -0.166. The molecule has 21 heavy (non-hydrogen) atoms. The molecule has 2 aliphatic heterocycles. The van der Waals surface area contributed by atoms with Gasteiger partial charge in [-0.2, -0.15) is 0 Å². The zero-order valence-electron chi connectivity index (χ0n) is 12.7. The summed E-state index contributed by atoms with van der Waals surface area (Å²) in [6, 6.07) is 0.377. The minimum Gasteiger partial charge on any atom is -0.376 e. The first-order chi connectivity index (χ1) is 10.2. The summed E-state index contributed by atoms with van der Waals surface area (Å²) in [5.41, 5.74) is 0. The molecular formula is C16H26N2O3. The molecule has 1 aliphatic carbocycles. The number of carbonyl (C=O) groups is 2. The van der Waals surface area contributed by atoms with Crippen LogP contribution in [0.5, 0.6) is 0 Å². The molecule has 0 aromatic rings. The summed E-state index contributed by atoms with van der Waals surface area (Å²) in [6.07, 6.45) is 8.58. The first-order valence-electron chi connectivity index (χ1n) is 8.43. The molecule has 5 nitrogen and oxygen atoms in total. The lowest BCUT2D eigenvalue weighted by Crippen LogP contribution is -2.40. The highest BCUT2D eigenvalue weighted by atomic mass is 16.5. The molecule has 0 aromatic heterocycles. The van der Waals surface area contributed by atoms with Crippen molar-refractivity contribution in [1.29, 1.82) is 0 Å². The third kappa shape index (κ3) is 3.57. The van der Waals surface area contributed by atoms with Gasteiger partial charge in [-0.15, -0.1) is 0 Å². The van der Waals surface area contributed by atoms with Crippen molar-refractivity contribution in [2.75, 3.05) is 19.7 Å². The van der Waals surface area contributed by atoms with Gasteiger partial charge in [-0.05, 0) is 25.7 Å². The molecule has 1 N–H and O–H groups in total. The molecule has 3 rings (SSSR count). The van der Waals surface area contributed by atoms with E-state index in [1.165, 1.54) is 19.3 Å². The molecule has 3 fully saturated rings. The monoisotopic (exact) mass is 294 g/mol. The Morgan fingerprint density at radius 2 is 2.00 bits per heavy atom. The molecular weight excluding hydrogens is 268 g/mol. The van der Waals surface area contributed by atoms with Crippen molar-refractivity contribution < 1.29 is 14.3 Å². The van der Waals surface area contributed by atoms with Crippen LogP contribution in [0.2, 0.25) is 0 Å². The van der Waals surface area contributed by atoms with Crippen LogP contribution < -0.4 is 5.32 Å². The number of nitrogens with zero attached hydrogens (tertiary/aromatic N) is 1. The van der Waals surface area contributed by atoms with E-state index in [4.69, 9.17) is 4.74 Å². The predicted molar refractivity (Wildman–Crippen MR) is 78.7 cm³/mol. The van der Waals surface area contributed by atoms with Crippen LogP contribution in [0.25, 0.3) is 0 Å². The number of amides is 2. The van der Waals surface area contributed by atoms with E-state index < -0.39 is 0 Å². The maximum atomic E-state index is 12.2. The Kier molecular flexibility index (Phi) is 4.78. The summed E-state index contributed by atoms with van der Waals surface area (Å²) in [4.78, 5) is 26.4. The van der Waals surface area contributed by atoms with E-state index in [9.17, 15) is 9.59 Å². The molecule has 1 saturated carbocycles. The van der Waals surface area contributed by atoms with Crippen molar-refractivity contribution in [3.05, 3.63) is 0 Å². The molecule has 3 aliphatic rings. The smallest absolute Gasteiger partial charge is 0.225 e. The van der Waals surface area contributed by atoms with Crippen LogP contribution >= 0.6 is 0 Å². The average Bonchev–Trinajstić information content (AvgIpc) is 3.15. The van der Waals surface area contributed by atoms with E-state index in [0.717, 1.165) is 32.3 Å². The van der Waals surface area contributed by atoms with Crippen LogP contribution in [-0.2, 0) is 14.3 Å². The van der Waals surface area contributed by atoms with Gasteiger partial charge in [0.2, 0.25) is 11.8 Å². The van der Waals surface area contributed by atoms with Gasteiger partial charge in [0.15, 0.2) is 0 Å². The fraction of sp³-hybridized carbons (Fsp3) is 0.875. The van der Waals surface area contributed by atoms with Crippen LogP contribution in [-0.4, -0.2) is 48.6 Å². The van der Waals surface area contributed by atoms with Crippen LogP contribution in [0.15, 0.2) is 0 Å². The maximum Gasteiger partial charge on any atom is 0.225 e. The third-order valence-corrected chi connectivity index (χ3v) is 5.07. The lowest BCUT2D eigenvalue weighted by atomic mass is 9.94. The van der Waals surface area contributed by atoms with Gasteiger partial charge >= 0.3 is 0 Å². The van der Waals surface area contributed by atoms with Gasteiger partial charge in [-0.3, -0.25) is 9.59 Å². The fourth-order valence-corrected chi connectivity index (χ4v) is 3.82. The Morgan fingerprint density at radius 3 is 2.71 bits per heavy atom. The standard InChI is InChI=1S/C16H26N2O3/c19-15-9-12(11-18(15)13-5-2-1-3-6-13)16(20)17-10-14-7-4-8-21-14/h12-14H,1-11H2,(H,17,20)/t12-,14-/m1/s1. The van der Waals surface area contributed by atoms with E-state index in [2.05, 4.69) is 5.32 Å². The second-order valence-electron chi connectivity index (χ2n) is 6.62. The average molecular weight is 294 g/mol. The highest BCUT2D eigenvalue weighted by Crippen LogP contribution is 2.28. The van der Waals surface area contributed by atoms with Gasteiger partial charge in [0.1, 0.15) is 0 Å². The number of ether oxygens (including phenoxy) is 1. The van der Waals surface area contributed by atoms with Gasteiger partial charge in [0.05, 0.1) is 12.0 Å². The zero-order valence-corrected chi connectivity index (χ0v) is 12.7. The summed E-state index contributed by atoms with van der Waals surface area (Å²) in [7, 11) is 0.